The maximum atomic E-state index is 11.5. The van der Waals surface area contributed by atoms with Gasteiger partial charge in [0.25, 0.3) is 0 Å². The molecule has 0 heterocycles. The van der Waals surface area contributed by atoms with Crippen LogP contribution in [0, 0.1) is 11.5 Å². The second kappa shape index (κ2) is 7.12. The van der Waals surface area contributed by atoms with E-state index < -0.39 is 20.0 Å². The Bertz CT molecular complexity index is 332. The van der Waals surface area contributed by atoms with E-state index in [0.29, 0.717) is 13.1 Å². The summed E-state index contributed by atoms with van der Waals surface area (Å²) in [6.07, 6.45) is 0. The van der Waals surface area contributed by atoms with Crippen LogP contribution in [-0.4, -0.2) is 44.5 Å². The van der Waals surface area contributed by atoms with E-state index in [1.165, 1.54) is 4.90 Å². The van der Waals surface area contributed by atoms with Crippen molar-refractivity contribution in [3.05, 3.63) is 0 Å². The Morgan fingerprint density at radius 3 is 2.12 bits per heavy atom. The molecule has 0 atom stereocenters. The first kappa shape index (κ1) is 15.7. The molecule has 1 amide bonds. The minimum atomic E-state index is -1.44. The monoisotopic (exact) mass is 255 g/mol. The van der Waals surface area contributed by atoms with Crippen LogP contribution < -0.4 is 0 Å². The SMILES string of the molecule is CCN(CC)C(=O)C(=O)OCC#C[Si](C)(C)C. The largest absolute Gasteiger partial charge is 0.445 e. The van der Waals surface area contributed by atoms with Crippen LogP contribution in [0.2, 0.25) is 19.6 Å². The van der Waals surface area contributed by atoms with E-state index in [2.05, 4.69) is 31.1 Å². The summed E-state index contributed by atoms with van der Waals surface area (Å²) in [6, 6.07) is 0. The van der Waals surface area contributed by atoms with Crippen molar-refractivity contribution in [3.8, 4) is 11.5 Å². The molecule has 4 nitrogen and oxygen atoms in total. The van der Waals surface area contributed by atoms with Crippen LogP contribution in [0.25, 0.3) is 0 Å². The molecule has 0 saturated carbocycles. The van der Waals surface area contributed by atoms with Crippen LogP contribution in [-0.2, 0) is 14.3 Å². The lowest BCUT2D eigenvalue weighted by Crippen LogP contribution is -2.37. The van der Waals surface area contributed by atoms with Crippen LogP contribution in [0.3, 0.4) is 0 Å². The van der Waals surface area contributed by atoms with Crippen molar-refractivity contribution in [2.45, 2.75) is 33.5 Å². The molecule has 0 aromatic carbocycles. The van der Waals surface area contributed by atoms with Crippen molar-refractivity contribution < 1.29 is 14.3 Å². The predicted molar refractivity (Wildman–Crippen MR) is 70.0 cm³/mol. The van der Waals surface area contributed by atoms with Gasteiger partial charge in [-0.15, -0.1) is 5.54 Å². The molecule has 0 fully saturated rings. The lowest BCUT2D eigenvalue weighted by Gasteiger charge is -2.16. The third kappa shape index (κ3) is 6.79. The first-order chi connectivity index (χ1) is 7.81. The Kier molecular flexibility index (Phi) is 6.59. The van der Waals surface area contributed by atoms with Gasteiger partial charge >= 0.3 is 11.9 Å². The van der Waals surface area contributed by atoms with Gasteiger partial charge in [-0.3, -0.25) is 4.79 Å². The summed E-state index contributed by atoms with van der Waals surface area (Å²) >= 11 is 0. The fraction of sp³-hybridized carbons (Fsp3) is 0.667. The summed E-state index contributed by atoms with van der Waals surface area (Å²) < 4.78 is 4.80. The highest BCUT2D eigenvalue weighted by molar-refractivity contribution is 6.83. The highest BCUT2D eigenvalue weighted by atomic mass is 28.3. The highest BCUT2D eigenvalue weighted by Gasteiger charge is 2.20. The average Bonchev–Trinajstić information content (AvgIpc) is 2.24. The number of carbonyl (C=O) groups is 2. The van der Waals surface area contributed by atoms with Gasteiger partial charge in [0, 0.05) is 13.1 Å². The molecule has 17 heavy (non-hydrogen) atoms. The van der Waals surface area contributed by atoms with E-state index in [-0.39, 0.29) is 6.61 Å². The van der Waals surface area contributed by atoms with E-state index in [1.807, 2.05) is 13.8 Å². The molecule has 0 aliphatic carbocycles. The molecule has 0 rings (SSSR count). The smallest absolute Gasteiger partial charge is 0.397 e. The fourth-order valence-electron chi connectivity index (χ4n) is 1.10. The summed E-state index contributed by atoms with van der Waals surface area (Å²) in [4.78, 5) is 24.3. The fourth-order valence-corrected chi connectivity index (χ4v) is 1.71. The number of amides is 1. The molecule has 5 heteroatoms. The van der Waals surface area contributed by atoms with Crippen molar-refractivity contribution in [2.75, 3.05) is 19.7 Å². The van der Waals surface area contributed by atoms with Crippen LogP contribution in [0.4, 0.5) is 0 Å². The van der Waals surface area contributed by atoms with Gasteiger partial charge in [-0.2, -0.15) is 0 Å². The van der Waals surface area contributed by atoms with Gasteiger partial charge in [-0.1, -0.05) is 25.6 Å². The molecule has 0 aliphatic rings. The average molecular weight is 255 g/mol. The zero-order chi connectivity index (χ0) is 13.5. The Morgan fingerprint density at radius 1 is 1.18 bits per heavy atom. The second-order valence-corrected chi connectivity index (χ2v) is 9.36. The Balaban J connectivity index is 4.18. The van der Waals surface area contributed by atoms with Crippen molar-refractivity contribution >= 4 is 20.0 Å². The van der Waals surface area contributed by atoms with E-state index in [9.17, 15) is 9.59 Å². The van der Waals surface area contributed by atoms with Crippen LogP contribution >= 0.6 is 0 Å². The summed E-state index contributed by atoms with van der Waals surface area (Å²) in [5.41, 5.74) is 3.06. The molecular weight excluding hydrogens is 234 g/mol. The molecule has 0 radical (unpaired) electrons. The van der Waals surface area contributed by atoms with Gasteiger partial charge < -0.3 is 9.64 Å². The first-order valence-electron chi connectivity index (χ1n) is 5.77. The van der Waals surface area contributed by atoms with Crippen LogP contribution in [0.15, 0.2) is 0 Å². The van der Waals surface area contributed by atoms with Crippen LogP contribution in [0.5, 0.6) is 0 Å². The molecular formula is C12H21NO3Si. The number of likely N-dealkylation sites (N-methyl/N-ethyl adjacent to an activating group) is 1. The van der Waals surface area contributed by atoms with Gasteiger partial charge in [0.1, 0.15) is 8.07 Å². The molecule has 0 aromatic rings. The standard InChI is InChI=1S/C12H21NO3Si/c1-6-13(7-2)11(14)12(15)16-9-8-10-17(3,4)5/h6-7,9H2,1-5H3. The van der Waals surface area contributed by atoms with E-state index in [1.54, 1.807) is 0 Å². The maximum absolute atomic E-state index is 11.5. The molecule has 0 spiro atoms. The molecule has 0 unspecified atom stereocenters. The Labute approximate surface area is 104 Å². The first-order valence-corrected chi connectivity index (χ1v) is 9.27. The lowest BCUT2D eigenvalue weighted by atomic mass is 10.4. The van der Waals surface area contributed by atoms with Crippen molar-refractivity contribution in [1.29, 1.82) is 0 Å². The van der Waals surface area contributed by atoms with Crippen molar-refractivity contribution in [3.63, 3.8) is 0 Å². The van der Waals surface area contributed by atoms with E-state index >= 15 is 0 Å². The van der Waals surface area contributed by atoms with Gasteiger partial charge in [-0.05, 0) is 13.8 Å². The third-order valence-corrected chi connectivity index (χ3v) is 2.89. The minimum absolute atomic E-state index is 0.00386. The number of hydrogen-bond donors (Lipinski definition) is 0. The van der Waals surface area contributed by atoms with Crippen LogP contribution in [0.1, 0.15) is 13.8 Å². The van der Waals surface area contributed by atoms with Crippen molar-refractivity contribution in [1.82, 2.24) is 4.90 Å². The number of carbonyl (C=O) groups excluding carboxylic acids is 2. The second-order valence-electron chi connectivity index (χ2n) is 4.61. The summed E-state index contributed by atoms with van der Waals surface area (Å²) in [5.74, 6) is 1.37. The lowest BCUT2D eigenvalue weighted by molar-refractivity contribution is -0.159. The van der Waals surface area contributed by atoms with Gasteiger partial charge in [0.05, 0.1) is 0 Å². The molecule has 0 bridgehead atoms. The number of hydrogen-bond acceptors (Lipinski definition) is 3. The Morgan fingerprint density at radius 2 is 1.71 bits per heavy atom. The quantitative estimate of drug-likeness (QED) is 0.330. The topological polar surface area (TPSA) is 46.6 Å². The van der Waals surface area contributed by atoms with Gasteiger partial charge in [0.15, 0.2) is 6.61 Å². The van der Waals surface area contributed by atoms with Crippen molar-refractivity contribution in [2.24, 2.45) is 0 Å². The number of nitrogens with zero attached hydrogens (tertiary/aromatic N) is 1. The third-order valence-electron chi connectivity index (χ3n) is 1.96. The Hall–Kier alpha value is -1.28. The molecule has 0 aliphatic heterocycles. The zero-order valence-corrected chi connectivity index (χ0v) is 12.3. The number of ether oxygens (including phenoxy) is 1. The van der Waals surface area contributed by atoms with Gasteiger partial charge in [-0.25, -0.2) is 4.79 Å². The minimum Gasteiger partial charge on any atom is -0.445 e. The summed E-state index contributed by atoms with van der Waals surface area (Å²) in [5, 5.41) is 0. The molecule has 0 aromatic heterocycles. The molecule has 96 valence electrons. The summed E-state index contributed by atoms with van der Waals surface area (Å²) in [6.45, 7) is 10.9. The molecule has 0 saturated heterocycles. The zero-order valence-electron chi connectivity index (χ0n) is 11.3. The van der Waals surface area contributed by atoms with E-state index in [4.69, 9.17) is 4.74 Å². The van der Waals surface area contributed by atoms with Gasteiger partial charge in [0.2, 0.25) is 0 Å². The maximum Gasteiger partial charge on any atom is 0.397 e. The van der Waals surface area contributed by atoms with E-state index in [0.717, 1.165) is 0 Å². The molecule has 0 N–H and O–H groups in total. The predicted octanol–water partition coefficient (Wildman–Crippen LogP) is 1.28. The summed E-state index contributed by atoms with van der Waals surface area (Å²) in [7, 11) is -1.44. The number of rotatable bonds is 3. The number of esters is 1. The normalized spacial score (nSPS) is 10.2. The highest BCUT2D eigenvalue weighted by Crippen LogP contribution is 1.96.